The van der Waals surface area contributed by atoms with Crippen LogP contribution in [0.1, 0.15) is 25.7 Å². The van der Waals surface area contributed by atoms with Crippen LogP contribution in [-0.4, -0.2) is 33.0 Å². The maximum atomic E-state index is 11.4. The van der Waals surface area contributed by atoms with Crippen LogP contribution >= 0.6 is 0 Å². The molecule has 0 aromatic rings. The third kappa shape index (κ3) is 1.13. The van der Waals surface area contributed by atoms with Crippen LogP contribution in [0.15, 0.2) is 0 Å². The van der Waals surface area contributed by atoms with E-state index < -0.39 is 11.2 Å². The molecule has 2 rings (SSSR count). The van der Waals surface area contributed by atoms with Crippen LogP contribution in [-0.2, 0) is 16.0 Å². The Morgan fingerprint density at radius 3 is 2.92 bits per heavy atom. The highest BCUT2D eigenvalue weighted by Crippen LogP contribution is 2.35. The van der Waals surface area contributed by atoms with Gasteiger partial charge in [0.1, 0.15) is 0 Å². The minimum Gasteiger partial charge on any atom is -0.615 e. The van der Waals surface area contributed by atoms with Crippen LogP contribution < -0.4 is 0 Å². The lowest BCUT2D eigenvalue weighted by molar-refractivity contribution is -0.128. The summed E-state index contributed by atoms with van der Waals surface area (Å²) in [6.45, 7) is 0. The summed E-state index contributed by atoms with van der Waals surface area (Å²) in [5.41, 5.74) is 0. The smallest absolute Gasteiger partial charge is 0.226 e. The van der Waals surface area contributed by atoms with Crippen molar-refractivity contribution >= 4 is 17.1 Å². The maximum absolute atomic E-state index is 11.4. The molecule has 0 radical (unpaired) electrons. The summed E-state index contributed by atoms with van der Waals surface area (Å²) in [6.07, 6.45) is 5.32. The highest BCUT2D eigenvalue weighted by molar-refractivity contribution is 7.91. The van der Waals surface area contributed by atoms with E-state index in [1.54, 1.807) is 6.26 Å². The van der Waals surface area contributed by atoms with Crippen molar-refractivity contribution in [3.05, 3.63) is 0 Å². The highest BCUT2D eigenvalue weighted by Gasteiger charge is 2.45. The molecule has 3 unspecified atom stereocenters. The molecule has 2 aliphatic heterocycles. The van der Waals surface area contributed by atoms with Crippen LogP contribution in [0.3, 0.4) is 0 Å². The van der Waals surface area contributed by atoms with Crippen molar-refractivity contribution in [3.8, 4) is 0 Å². The van der Waals surface area contributed by atoms with Gasteiger partial charge in [-0.05, 0) is 24.0 Å². The zero-order valence-corrected chi connectivity index (χ0v) is 7.97. The van der Waals surface area contributed by atoms with Crippen molar-refractivity contribution < 1.29 is 9.35 Å². The molecule has 4 heteroatoms. The normalized spacial score (nSPS) is 37.2. The predicted molar refractivity (Wildman–Crippen MR) is 47.0 cm³/mol. The lowest BCUT2D eigenvalue weighted by Gasteiger charge is -2.24. The summed E-state index contributed by atoms with van der Waals surface area (Å²) in [6, 6.07) is 0.409. The van der Waals surface area contributed by atoms with Crippen molar-refractivity contribution in [2.75, 3.05) is 6.26 Å². The van der Waals surface area contributed by atoms with E-state index in [2.05, 4.69) is 0 Å². The Hall–Kier alpha value is -0.220. The Morgan fingerprint density at radius 2 is 2.25 bits per heavy atom. The second-order valence-electron chi connectivity index (χ2n) is 3.52. The average Bonchev–Trinajstić information content (AvgIpc) is 2.53. The van der Waals surface area contributed by atoms with E-state index in [9.17, 15) is 9.35 Å². The second-order valence-corrected chi connectivity index (χ2v) is 5.07. The number of amides is 1. The standard InChI is InChI=1S/C8H13NO2S/c1-12(11)8-5-3-6-2-4-7(10)9(6)8/h6,8H,2-5H2,1H3. The van der Waals surface area contributed by atoms with Gasteiger partial charge in [-0.25, -0.2) is 0 Å². The molecule has 0 bridgehead atoms. The first-order valence-electron chi connectivity index (χ1n) is 4.33. The van der Waals surface area contributed by atoms with E-state index in [0.29, 0.717) is 12.5 Å². The first-order valence-corrected chi connectivity index (χ1v) is 5.95. The van der Waals surface area contributed by atoms with Crippen molar-refractivity contribution in [2.24, 2.45) is 0 Å². The number of fused-ring (bicyclic) bond motifs is 1. The fraction of sp³-hybridized carbons (Fsp3) is 0.875. The molecule has 3 atom stereocenters. The lowest BCUT2D eigenvalue weighted by atomic mass is 10.2. The molecule has 2 fully saturated rings. The minimum atomic E-state index is -0.867. The lowest BCUT2D eigenvalue weighted by Crippen LogP contribution is -2.39. The molecule has 3 nitrogen and oxygen atoms in total. The Balaban J connectivity index is 2.14. The minimum absolute atomic E-state index is 0.0185. The summed E-state index contributed by atoms with van der Waals surface area (Å²) in [7, 11) is 0. The first-order chi connectivity index (χ1) is 5.70. The van der Waals surface area contributed by atoms with Gasteiger partial charge in [-0.2, -0.15) is 0 Å². The Labute approximate surface area is 75.3 Å². The van der Waals surface area contributed by atoms with Crippen LogP contribution in [0, 0.1) is 0 Å². The molecule has 12 heavy (non-hydrogen) atoms. The van der Waals surface area contributed by atoms with Crippen molar-refractivity contribution in [1.29, 1.82) is 0 Å². The molecular weight excluding hydrogens is 174 g/mol. The Kier molecular flexibility index (Phi) is 2.04. The van der Waals surface area contributed by atoms with E-state index in [-0.39, 0.29) is 11.3 Å². The van der Waals surface area contributed by atoms with Gasteiger partial charge < -0.3 is 4.55 Å². The summed E-state index contributed by atoms with van der Waals surface area (Å²) < 4.78 is 11.3. The van der Waals surface area contributed by atoms with Gasteiger partial charge in [0.2, 0.25) is 5.91 Å². The molecular formula is C8H13NO2S. The molecule has 2 aliphatic rings. The van der Waals surface area contributed by atoms with Crippen LogP contribution in [0.5, 0.6) is 0 Å². The summed E-state index contributed by atoms with van der Waals surface area (Å²) in [5, 5.41) is 0.0185. The maximum Gasteiger partial charge on any atom is 0.226 e. The van der Waals surface area contributed by atoms with E-state index in [1.165, 1.54) is 0 Å². The van der Waals surface area contributed by atoms with Gasteiger partial charge in [-0.15, -0.1) is 0 Å². The zero-order valence-electron chi connectivity index (χ0n) is 7.16. The largest absolute Gasteiger partial charge is 0.615 e. The van der Waals surface area contributed by atoms with Crippen molar-refractivity contribution in [1.82, 2.24) is 4.90 Å². The monoisotopic (exact) mass is 187 g/mol. The van der Waals surface area contributed by atoms with Gasteiger partial charge in [0, 0.05) is 18.9 Å². The zero-order chi connectivity index (χ0) is 8.72. The van der Waals surface area contributed by atoms with E-state index in [1.807, 2.05) is 4.90 Å². The molecule has 2 saturated heterocycles. The Morgan fingerprint density at radius 1 is 1.50 bits per heavy atom. The molecule has 0 spiro atoms. The van der Waals surface area contributed by atoms with E-state index >= 15 is 0 Å². The quantitative estimate of drug-likeness (QED) is 0.560. The van der Waals surface area contributed by atoms with Gasteiger partial charge in [0.05, 0.1) is 6.26 Å². The second kappa shape index (κ2) is 2.92. The summed E-state index contributed by atoms with van der Waals surface area (Å²) in [5.74, 6) is 0.206. The number of hydrogen-bond donors (Lipinski definition) is 0. The van der Waals surface area contributed by atoms with Crippen molar-refractivity contribution in [2.45, 2.75) is 37.1 Å². The molecule has 2 heterocycles. The summed E-state index contributed by atoms with van der Waals surface area (Å²) in [4.78, 5) is 13.2. The van der Waals surface area contributed by atoms with E-state index in [0.717, 1.165) is 19.3 Å². The molecule has 0 aromatic heterocycles. The SMILES string of the molecule is C[S+]([O-])C1CCC2CCC(=O)N21. The van der Waals surface area contributed by atoms with Gasteiger partial charge >= 0.3 is 0 Å². The van der Waals surface area contributed by atoms with E-state index in [4.69, 9.17) is 0 Å². The number of hydrogen-bond acceptors (Lipinski definition) is 2. The van der Waals surface area contributed by atoms with Gasteiger partial charge in [0.15, 0.2) is 5.37 Å². The van der Waals surface area contributed by atoms with Crippen LogP contribution in [0.25, 0.3) is 0 Å². The first kappa shape index (κ1) is 8.38. The van der Waals surface area contributed by atoms with Gasteiger partial charge in [0.25, 0.3) is 0 Å². The van der Waals surface area contributed by atoms with Crippen LogP contribution in [0.4, 0.5) is 0 Å². The molecule has 1 amide bonds. The molecule has 0 saturated carbocycles. The molecule has 0 aromatic carbocycles. The predicted octanol–water partition coefficient (Wildman–Crippen LogP) is 0.476. The highest BCUT2D eigenvalue weighted by atomic mass is 32.2. The topological polar surface area (TPSA) is 43.4 Å². The van der Waals surface area contributed by atoms with Gasteiger partial charge in [-0.1, -0.05) is 0 Å². The Bertz CT molecular complexity index is 207. The van der Waals surface area contributed by atoms with Crippen LogP contribution in [0.2, 0.25) is 0 Å². The molecule has 68 valence electrons. The molecule has 0 N–H and O–H groups in total. The number of rotatable bonds is 1. The fourth-order valence-corrected chi connectivity index (χ4v) is 3.32. The number of carbonyl (C=O) groups is 1. The van der Waals surface area contributed by atoms with Gasteiger partial charge in [-0.3, -0.25) is 9.69 Å². The molecule has 0 aliphatic carbocycles. The number of nitrogens with zero attached hydrogens (tertiary/aromatic N) is 1. The third-order valence-corrected chi connectivity index (χ3v) is 4.04. The average molecular weight is 187 g/mol. The summed E-state index contributed by atoms with van der Waals surface area (Å²) >= 11 is -0.867. The number of carbonyl (C=O) groups excluding carboxylic acids is 1. The fourth-order valence-electron chi connectivity index (χ4n) is 2.24. The van der Waals surface area contributed by atoms with Crippen molar-refractivity contribution in [3.63, 3.8) is 0 Å². The third-order valence-electron chi connectivity index (χ3n) is 2.81.